The Kier molecular flexibility index (Phi) is 4.20. The first-order valence-electron chi connectivity index (χ1n) is 8.37. The zero-order valence-corrected chi connectivity index (χ0v) is 14.9. The summed E-state index contributed by atoms with van der Waals surface area (Å²) in [6.07, 6.45) is 6.19. The first-order valence-corrected chi connectivity index (χ1v) is 9.18. The van der Waals surface area contributed by atoms with E-state index in [4.69, 9.17) is 4.98 Å². The molecule has 0 bridgehead atoms. The van der Waals surface area contributed by atoms with Gasteiger partial charge in [0.1, 0.15) is 0 Å². The molecule has 4 rings (SSSR count). The summed E-state index contributed by atoms with van der Waals surface area (Å²) in [4.78, 5) is 11.4. The van der Waals surface area contributed by atoms with Gasteiger partial charge in [-0.05, 0) is 37.9 Å². The van der Waals surface area contributed by atoms with Gasteiger partial charge in [0.25, 0.3) is 0 Å². The fourth-order valence-electron chi connectivity index (χ4n) is 3.39. The first-order chi connectivity index (χ1) is 11.7. The lowest BCUT2D eigenvalue weighted by Gasteiger charge is -2.33. The fraction of sp³-hybridized carbons (Fsp3) is 0.471. The predicted molar refractivity (Wildman–Crippen MR) is 97.3 cm³/mol. The van der Waals surface area contributed by atoms with Crippen LogP contribution in [0.15, 0.2) is 24.5 Å². The molecule has 0 unspecified atom stereocenters. The highest BCUT2D eigenvalue weighted by Crippen LogP contribution is 2.29. The second-order valence-corrected chi connectivity index (χ2v) is 7.46. The number of aryl methyl sites for hydroxylation is 2. The van der Waals surface area contributed by atoms with E-state index in [0.29, 0.717) is 6.04 Å². The molecule has 1 fully saturated rings. The van der Waals surface area contributed by atoms with Crippen LogP contribution in [-0.2, 0) is 13.6 Å². The fourth-order valence-corrected chi connectivity index (χ4v) is 4.40. The smallest absolute Gasteiger partial charge is 0.185 e. The van der Waals surface area contributed by atoms with Gasteiger partial charge in [0.2, 0.25) is 0 Å². The van der Waals surface area contributed by atoms with Gasteiger partial charge in [-0.1, -0.05) is 17.4 Å². The maximum Gasteiger partial charge on any atom is 0.185 e. The molecular weight excluding hydrogens is 320 g/mol. The lowest BCUT2D eigenvalue weighted by molar-refractivity contribution is 0.208. The minimum atomic E-state index is 0.448. The number of aromatic nitrogens is 4. The Morgan fingerprint density at radius 1 is 1.42 bits per heavy atom. The van der Waals surface area contributed by atoms with E-state index in [-0.39, 0.29) is 0 Å². The van der Waals surface area contributed by atoms with Crippen LogP contribution in [0, 0.1) is 6.92 Å². The number of piperidine rings is 1. The van der Waals surface area contributed by atoms with Crippen molar-refractivity contribution in [1.82, 2.24) is 24.6 Å². The minimum Gasteiger partial charge on any atom is -0.357 e. The molecule has 1 atom stereocenters. The third-order valence-corrected chi connectivity index (χ3v) is 5.59. The van der Waals surface area contributed by atoms with Gasteiger partial charge in [0.15, 0.2) is 10.8 Å². The maximum atomic E-state index is 4.72. The highest BCUT2D eigenvalue weighted by molar-refractivity contribution is 7.22. The average Bonchev–Trinajstić information content (AvgIpc) is 3.10. The van der Waals surface area contributed by atoms with Gasteiger partial charge in [-0.2, -0.15) is 5.10 Å². The molecule has 3 aromatic rings. The molecule has 1 N–H and O–H groups in total. The van der Waals surface area contributed by atoms with Crippen molar-refractivity contribution < 1.29 is 0 Å². The molecule has 0 saturated carbocycles. The quantitative estimate of drug-likeness (QED) is 0.790. The number of hydrogen-bond donors (Lipinski definition) is 1. The Labute approximate surface area is 145 Å². The molecule has 1 saturated heterocycles. The second-order valence-electron chi connectivity index (χ2n) is 6.46. The Balaban J connectivity index is 1.43. The molecule has 1 aliphatic rings. The molecule has 0 aromatic carbocycles. The van der Waals surface area contributed by atoms with Crippen LogP contribution in [0.4, 0.5) is 5.13 Å². The van der Waals surface area contributed by atoms with Gasteiger partial charge in [-0.15, -0.1) is 0 Å². The largest absolute Gasteiger partial charge is 0.357 e. The topological polar surface area (TPSA) is 58.9 Å². The Morgan fingerprint density at radius 2 is 2.33 bits per heavy atom. The van der Waals surface area contributed by atoms with Crippen LogP contribution >= 0.6 is 11.3 Å². The van der Waals surface area contributed by atoms with Crippen LogP contribution in [0.5, 0.6) is 0 Å². The van der Waals surface area contributed by atoms with Crippen molar-refractivity contribution in [2.45, 2.75) is 32.4 Å². The van der Waals surface area contributed by atoms with Gasteiger partial charge in [-0.25, -0.2) is 9.67 Å². The number of hydrogen-bond acceptors (Lipinski definition) is 6. The van der Waals surface area contributed by atoms with Gasteiger partial charge in [-0.3, -0.25) is 9.88 Å². The molecule has 7 heteroatoms. The summed E-state index contributed by atoms with van der Waals surface area (Å²) in [5.74, 6) is 0. The van der Waals surface area contributed by atoms with Crippen molar-refractivity contribution in [3.63, 3.8) is 0 Å². The third kappa shape index (κ3) is 3.14. The van der Waals surface area contributed by atoms with Crippen LogP contribution in [0.25, 0.3) is 10.3 Å². The predicted octanol–water partition coefficient (Wildman–Crippen LogP) is 2.81. The third-order valence-electron chi connectivity index (χ3n) is 4.51. The lowest BCUT2D eigenvalue weighted by Crippen LogP contribution is -2.41. The van der Waals surface area contributed by atoms with Crippen LogP contribution < -0.4 is 5.32 Å². The molecule has 1 aliphatic heterocycles. The standard InChI is InChI=1S/C17H22N6S/c1-12-15-16(22(2)21-12)20-17(24-15)19-14-6-4-8-23(11-14)10-13-5-3-7-18-9-13/h3,5,7,9,14H,4,6,8,10-11H2,1-2H3,(H,19,20)/t14-/m1/s1. The van der Waals surface area contributed by atoms with E-state index in [1.165, 1.54) is 23.1 Å². The number of fused-ring (bicyclic) bond motifs is 1. The molecule has 0 radical (unpaired) electrons. The van der Waals surface area contributed by atoms with E-state index in [9.17, 15) is 0 Å². The number of anilines is 1. The zero-order valence-electron chi connectivity index (χ0n) is 14.1. The van der Waals surface area contributed by atoms with Gasteiger partial charge < -0.3 is 5.32 Å². The van der Waals surface area contributed by atoms with Crippen LogP contribution in [0.2, 0.25) is 0 Å². The van der Waals surface area contributed by atoms with Crippen LogP contribution in [-0.4, -0.2) is 43.8 Å². The summed E-state index contributed by atoms with van der Waals surface area (Å²) in [7, 11) is 1.95. The normalized spacial score (nSPS) is 19.0. The van der Waals surface area contributed by atoms with Crippen molar-refractivity contribution in [1.29, 1.82) is 0 Å². The van der Waals surface area contributed by atoms with Crippen molar-refractivity contribution >= 4 is 26.8 Å². The molecule has 4 heterocycles. The Hall–Kier alpha value is -1.99. The summed E-state index contributed by atoms with van der Waals surface area (Å²) in [5, 5.41) is 9.06. The SMILES string of the molecule is Cc1nn(C)c2nc(N[C@@H]3CCCN(Cc4cccnc4)C3)sc12. The highest BCUT2D eigenvalue weighted by atomic mass is 32.1. The Morgan fingerprint density at radius 3 is 3.12 bits per heavy atom. The summed E-state index contributed by atoms with van der Waals surface area (Å²) >= 11 is 1.71. The molecule has 0 spiro atoms. The van der Waals surface area contributed by atoms with Gasteiger partial charge in [0, 0.05) is 38.6 Å². The number of pyridine rings is 1. The zero-order chi connectivity index (χ0) is 16.5. The minimum absolute atomic E-state index is 0.448. The van der Waals surface area contributed by atoms with E-state index < -0.39 is 0 Å². The molecule has 126 valence electrons. The number of likely N-dealkylation sites (tertiary alicyclic amines) is 1. The van der Waals surface area contributed by atoms with E-state index in [0.717, 1.165) is 36.1 Å². The van der Waals surface area contributed by atoms with Crippen molar-refractivity contribution in [2.24, 2.45) is 7.05 Å². The molecule has 24 heavy (non-hydrogen) atoms. The van der Waals surface area contributed by atoms with E-state index in [2.05, 4.69) is 26.4 Å². The van der Waals surface area contributed by atoms with E-state index in [1.54, 1.807) is 11.3 Å². The van der Waals surface area contributed by atoms with Gasteiger partial charge in [0.05, 0.1) is 10.4 Å². The maximum absolute atomic E-state index is 4.72. The molecule has 0 aliphatic carbocycles. The monoisotopic (exact) mass is 342 g/mol. The van der Waals surface area contributed by atoms with Gasteiger partial charge >= 0.3 is 0 Å². The summed E-state index contributed by atoms with van der Waals surface area (Å²) < 4.78 is 3.05. The number of nitrogens with one attached hydrogen (secondary N) is 1. The number of nitrogens with zero attached hydrogens (tertiary/aromatic N) is 5. The summed E-state index contributed by atoms with van der Waals surface area (Å²) in [5.41, 5.74) is 3.31. The molecule has 6 nitrogen and oxygen atoms in total. The lowest BCUT2D eigenvalue weighted by atomic mass is 10.1. The summed E-state index contributed by atoms with van der Waals surface area (Å²) in [6, 6.07) is 4.60. The van der Waals surface area contributed by atoms with E-state index >= 15 is 0 Å². The number of thiazole rings is 1. The second kappa shape index (κ2) is 6.49. The van der Waals surface area contributed by atoms with Crippen molar-refractivity contribution in [3.05, 3.63) is 35.8 Å². The van der Waals surface area contributed by atoms with Crippen molar-refractivity contribution in [3.8, 4) is 0 Å². The molecular formula is C17H22N6S. The van der Waals surface area contributed by atoms with E-state index in [1.807, 2.05) is 37.1 Å². The van der Waals surface area contributed by atoms with Crippen LogP contribution in [0.1, 0.15) is 24.1 Å². The molecule has 3 aromatic heterocycles. The first kappa shape index (κ1) is 15.5. The average molecular weight is 342 g/mol. The highest BCUT2D eigenvalue weighted by Gasteiger charge is 2.21. The number of rotatable bonds is 4. The molecule has 0 amide bonds. The van der Waals surface area contributed by atoms with Crippen molar-refractivity contribution in [2.75, 3.05) is 18.4 Å². The Bertz CT molecular complexity index is 790. The summed E-state index contributed by atoms with van der Waals surface area (Å²) in [6.45, 7) is 5.20. The van der Waals surface area contributed by atoms with Crippen LogP contribution in [0.3, 0.4) is 0 Å².